The molecule has 16 heavy (non-hydrogen) atoms. The SMILES string of the molecule is C1=CNOC=C1.c1ccc2c(c1)CCCO2. The Labute approximate surface area is 95.3 Å². The summed E-state index contributed by atoms with van der Waals surface area (Å²) in [6.07, 6.45) is 9.27. The summed E-state index contributed by atoms with van der Waals surface area (Å²) in [5.41, 5.74) is 3.87. The lowest BCUT2D eigenvalue weighted by Gasteiger charge is -2.15. The molecule has 0 fully saturated rings. The standard InChI is InChI=1S/C9H10O.C4H5NO/c1-2-6-9-8(4-1)5-3-7-10-9;1-2-4-6-5-3-1/h1-2,4,6H,3,5,7H2;1-5H. The molecule has 0 spiro atoms. The van der Waals surface area contributed by atoms with E-state index >= 15 is 0 Å². The molecular weight excluding hydrogens is 202 g/mol. The molecule has 0 radical (unpaired) electrons. The van der Waals surface area contributed by atoms with Crippen LogP contribution in [0.15, 0.2) is 48.9 Å². The molecule has 2 aliphatic rings. The molecule has 3 rings (SSSR count). The lowest BCUT2D eigenvalue weighted by Crippen LogP contribution is -2.07. The third-order valence-corrected chi connectivity index (χ3v) is 2.31. The van der Waals surface area contributed by atoms with Gasteiger partial charge in [-0.25, -0.2) is 5.48 Å². The number of aryl methyl sites for hydroxylation is 1. The predicted octanol–water partition coefficient (Wildman–Crippen LogP) is 2.56. The lowest BCUT2D eigenvalue weighted by atomic mass is 10.1. The van der Waals surface area contributed by atoms with Crippen LogP contribution in [0.3, 0.4) is 0 Å². The lowest BCUT2D eigenvalue weighted by molar-refractivity contribution is 0.172. The van der Waals surface area contributed by atoms with Crippen LogP contribution < -0.4 is 10.2 Å². The van der Waals surface area contributed by atoms with Gasteiger partial charge in [0.05, 0.1) is 6.61 Å². The third kappa shape index (κ3) is 3.05. The molecule has 1 aromatic rings. The normalized spacial score (nSPS) is 15.8. The highest BCUT2D eigenvalue weighted by atomic mass is 16.6. The van der Waals surface area contributed by atoms with Crippen LogP contribution in [0.1, 0.15) is 12.0 Å². The number of rotatable bonds is 0. The quantitative estimate of drug-likeness (QED) is 0.724. The highest BCUT2D eigenvalue weighted by molar-refractivity contribution is 5.34. The third-order valence-electron chi connectivity index (χ3n) is 2.31. The molecular formula is C13H15NO2. The molecule has 84 valence electrons. The van der Waals surface area contributed by atoms with Gasteiger partial charge in [0.25, 0.3) is 0 Å². The number of para-hydroxylation sites is 1. The summed E-state index contributed by atoms with van der Waals surface area (Å²) in [5, 5.41) is 0. The molecule has 0 unspecified atom stereocenters. The second-order valence-corrected chi connectivity index (χ2v) is 3.48. The van der Waals surface area contributed by atoms with Crippen molar-refractivity contribution in [1.82, 2.24) is 5.48 Å². The zero-order chi connectivity index (χ0) is 11.1. The van der Waals surface area contributed by atoms with Crippen molar-refractivity contribution in [2.75, 3.05) is 6.61 Å². The van der Waals surface area contributed by atoms with E-state index in [1.165, 1.54) is 12.0 Å². The van der Waals surface area contributed by atoms with Crippen LogP contribution in [0.25, 0.3) is 0 Å². The van der Waals surface area contributed by atoms with Crippen molar-refractivity contribution >= 4 is 0 Å². The van der Waals surface area contributed by atoms with Crippen LogP contribution in [0.2, 0.25) is 0 Å². The highest BCUT2D eigenvalue weighted by Gasteiger charge is 2.06. The molecule has 0 aliphatic carbocycles. The first kappa shape index (κ1) is 10.6. The zero-order valence-corrected chi connectivity index (χ0v) is 9.06. The molecule has 1 N–H and O–H groups in total. The Hall–Kier alpha value is -1.90. The molecule has 0 saturated carbocycles. The van der Waals surface area contributed by atoms with Gasteiger partial charge in [-0.2, -0.15) is 0 Å². The minimum absolute atomic E-state index is 0.886. The molecule has 2 aliphatic heterocycles. The van der Waals surface area contributed by atoms with E-state index in [1.54, 1.807) is 18.5 Å². The smallest absolute Gasteiger partial charge is 0.122 e. The summed E-state index contributed by atoms with van der Waals surface area (Å²) in [5.74, 6) is 1.08. The van der Waals surface area contributed by atoms with Crippen LogP contribution in [0.5, 0.6) is 5.75 Å². The van der Waals surface area contributed by atoms with Crippen LogP contribution in [-0.2, 0) is 11.3 Å². The fraction of sp³-hybridized carbons (Fsp3) is 0.231. The predicted molar refractivity (Wildman–Crippen MR) is 62.8 cm³/mol. The molecule has 3 heteroatoms. The largest absolute Gasteiger partial charge is 0.493 e. The molecule has 0 saturated heterocycles. The molecule has 0 aromatic heterocycles. The van der Waals surface area contributed by atoms with Gasteiger partial charge >= 0.3 is 0 Å². The van der Waals surface area contributed by atoms with E-state index < -0.39 is 0 Å². The van der Waals surface area contributed by atoms with E-state index in [0.717, 1.165) is 18.8 Å². The topological polar surface area (TPSA) is 30.5 Å². The Bertz CT molecular complexity index is 348. The second-order valence-electron chi connectivity index (χ2n) is 3.48. The minimum Gasteiger partial charge on any atom is -0.493 e. The summed E-state index contributed by atoms with van der Waals surface area (Å²) in [4.78, 5) is 4.55. The fourth-order valence-corrected chi connectivity index (χ4v) is 1.55. The van der Waals surface area contributed by atoms with Gasteiger partial charge in [0.1, 0.15) is 12.0 Å². The van der Waals surface area contributed by atoms with Crippen LogP contribution >= 0.6 is 0 Å². The highest BCUT2D eigenvalue weighted by Crippen LogP contribution is 2.22. The van der Waals surface area contributed by atoms with Gasteiger partial charge in [0.2, 0.25) is 0 Å². The Morgan fingerprint density at radius 1 is 1.12 bits per heavy atom. The van der Waals surface area contributed by atoms with Crippen molar-refractivity contribution in [1.29, 1.82) is 0 Å². The number of allylic oxidation sites excluding steroid dienone is 2. The van der Waals surface area contributed by atoms with Gasteiger partial charge in [-0.05, 0) is 36.6 Å². The summed E-state index contributed by atoms with van der Waals surface area (Å²) in [6.45, 7) is 0.886. The molecule has 0 atom stereocenters. The summed E-state index contributed by atoms with van der Waals surface area (Å²) in [7, 11) is 0. The second kappa shape index (κ2) is 5.85. The van der Waals surface area contributed by atoms with Gasteiger partial charge in [-0.15, -0.1) is 0 Å². The van der Waals surface area contributed by atoms with Gasteiger partial charge in [-0.3, -0.25) is 0 Å². The number of fused-ring (bicyclic) bond motifs is 1. The van der Waals surface area contributed by atoms with E-state index in [4.69, 9.17) is 4.74 Å². The molecule has 0 bridgehead atoms. The van der Waals surface area contributed by atoms with Crippen molar-refractivity contribution in [3.63, 3.8) is 0 Å². The Morgan fingerprint density at radius 2 is 2.06 bits per heavy atom. The molecule has 0 amide bonds. The summed E-state index contributed by atoms with van der Waals surface area (Å²) >= 11 is 0. The van der Waals surface area contributed by atoms with Crippen molar-refractivity contribution in [3.8, 4) is 5.75 Å². The maximum Gasteiger partial charge on any atom is 0.122 e. The molecule has 2 heterocycles. The van der Waals surface area contributed by atoms with Gasteiger partial charge in [0.15, 0.2) is 0 Å². The van der Waals surface area contributed by atoms with Crippen LogP contribution in [0.4, 0.5) is 0 Å². The average molecular weight is 217 g/mol. The number of hydroxylamine groups is 1. The Balaban J connectivity index is 0.000000138. The monoisotopic (exact) mass is 217 g/mol. The average Bonchev–Trinajstić information content (AvgIpc) is 2.42. The Morgan fingerprint density at radius 3 is 2.69 bits per heavy atom. The number of benzene rings is 1. The number of nitrogens with one attached hydrogen (secondary N) is 1. The van der Waals surface area contributed by atoms with E-state index in [2.05, 4.69) is 22.5 Å². The molecule has 1 aromatic carbocycles. The minimum atomic E-state index is 0.886. The van der Waals surface area contributed by atoms with E-state index in [1.807, 2.05) is 18.2 Å². The first-order chi connectivity index (χ1) is 7.97. The number of hydrogen-bond acceptors (Lipinski definition) is 3. The van der Waals surface area contributed by atoms with Crippen molar-refractivity contribution in [2.45, 2.75) is 12.8 Å². The van der Waals surface area contributed by atoms with Gasteiger partial charge < -0.3 is 9.57 Å². The van der Waals surface area contributed by atoms with E-state index in [-0.39, 0.29) is 0 Å². The van der Waals surface area contributed by atoms with Gasteiger partial charge in [-0.1, -0.05) is 18.2 Å². The Kier molecular flexibility index (Phi) is 3.88. The fourth-order valence-electron chi connectivity index (χ4n) is 1.55. The number of hydrogen-bond donors (Lipinski definition) is 1. The van der Waals surface area contributed by atoms with Crippen molar-refractivity contribution in [3.05, 3.63) is 54.4 Å². The zero-order valence-electron chi connectivity index (χ0n) is 9.06. The van der Waals surface area contributed by atoms with Crippen LogP contribution in [0, 0.1) is 0 Å². The van der Waals surface area contributed by atoms with Crippen molar-refractivity contribution < 1.29 is 9.57 Å². The van der Waals surface area contributed by atoms with E-state index in [0.29, 0.717) is 0 Å². The first-order valence-corrected chi connectivity index (χ1v) is 5.40. The number of ether oxygens (including phenoxy) is 1. The van der Waals surface area contributed by atoms with Crippen molar-refractivity contribution in [2.24, 2.45) is 0 Å². The first-order valence-electron chi connectivity index (χ1n) is 5.40. The summed E-state index contributed by atoms with van der Waals surface area (Å²) < 4.78 is 5.42. The van der Waals surface area contributed by atoms with Gasteiger partial charge in [0, 0.05) is 6.20 Å². The maximum absolute atomic E-state index is 5.42. The maximum atomic E-state index is 5.42. The van der Waals surface area contributed by atoms with E-state index in [9.17, 15) is 0 Å². The van der Waals surface area contributed by atoms with Crippen LogP contribution in [-0.4, -0.2) is 6.61 Å². The molecule has 3 nitrogen and oxygen atoms in total. The summed E-state index contributed by atoms with van der Waals surface area (Å²) in [6, 6.07) is 8.25.